The van der Waals surface area contributed by atoms with Crippen molar-refractivity contribution in [2.75, 3.05) is 5.88 Å². The maximum atomic E-state index is 11.7. The molecular formula is C11H20ClNO. The lowest BCUT2D eigenvalue weighted by Crippen LogP contribution is -2.39. The third-order valence-corrected chi connectivity index (χ3v) is 3.39. The summed E-state index contributed by atoms with van der Waals surface area (Å²) in [5.74, 6) is 1.62. The van der Waals surface area contributed by atoms with Crippen molar-refractivity contribution in [2.45, 2.75) is 45.6 Å². The van der Waals surface area contributed by atoms with Crippen molar-refractivity contribution >= 4 is 17.5 Å². The first kappa shape index (κ1) is 11.8. The van der Waals surface area contributed by atoms with E-state index >= 15 is 0 Å². The number of alkyl halides is 1. The van der Waals surface area contributed by atoms with Gasteiger partial charge in [0.15, 0.2) is 0 Å². The van der Waals surface area contributed by atoms with E-state index in [0.29, 0.717) is 11.8 Å². The Labute approximate surface area is 91.4 Å². The largest absolute Gasteiger partial charge is 0.352 e. The smallest absolute Gasteiger partial charge is 0.223 e. The molecule has 0 bridgehead atoms. The minimum absolute atomic E-state index is 0.0985. The van der Waals surface area contributed by atoms with Crippen molar-refractivity contribution in [3.05, 3.63) is 0 Å². The fourth-order valence-corrected chi connectivity index (χ4v) is 2.15. The minimum atomic E-state index is 0.0985. The van der Waals surface area contributed by atoms with Crippen molar-refractivity contribution in [1.82, 2.24) is 5.32 Å². The molecule has 0 aromatic heterocycles. The summed E-state index contributed by atoms with van der Waals surface area (Å²) in [4.78, 5) is 11.7. The third kappa shape index (κ3) is 3.49. The maximum Gasteiger partial charge on any atom is 0.223 e. The monoisotopic (exact) mass is 217 g/mol. The third-order valence-electron chi connectivity index (χ3n) is 2.93. The first-order chi connectivity index (χ1) is 6.63. The summed E-state index contributed by atoms with van der Waals surface area (Å²) < 4.78 is 0. The summed E-state index contributed by atoms with van der Waals surface area (Å²) in [6.07, 6.45) is 4.55. The molecule has 82 valence electrons. The molecule has 1 rings (SSSR count). The molecule has 3 unspecified atom stereocenters. The molecule has 0 aliphatic heterocycles. The number of hydrogen-bond acceptors (Lipinski definition) is 1. The van der Waals surface area contributed by atoms with Crippen LogP contribution in [-0.2, 0) is 4.79 Å². The molecule has 1 aliphatic carbocycles. The molecular weight excluding hydrogens is 198 g/mol. The number of rotatable bonds is 3. The standard InChI is InChI=1S/C11H20ClNO/c1-8-4-3-5-10(6-8)11(14)13-9(2)7-12/h8-10H,3-7H2,1-2H3,(H,13,14). The lowest BCUT2D eigenvalue weighted by molar-refractivity contribution is -0.126. The van der Waals surface area contributed by atoms with Gasteiger partial charge in [-0.25, -0.2) is 0 Å². The highest BCUT2D eigenvalue weighted by molar-refractivity contribution is 6.18. The van der Waals surface area contributed by atoms with Gasteiger partial charge in [-0.1, -0.05) is 19.8 Å². The number of amides is 1. The van der Waals surface area contributed by atoms with E-state index in [1.165, 1.54) is 12.8 Å². The van der Waals surface area contributed by atoms with Crippen molar-refractivity contribution in [3.63, 3.8) is 0 Å². The normalized spacial score (nSPS) is 29.6. The molecule has 1 saturated carbocycles. The molecule has 1 fully saturated rings. The van der Waals surface area contributed by atoms with Crippen LogP contribution in [0.2, 0.25) is 0 Å². The number of halogens is 1. The van der Waals surface area contributed by atoms with E-state index in [2.05, 4.69) is 12.2 Å². The molecule has 0 radical (unpaired) electrons. The van der Waals surface area contributed by atoms with Gasteiger partial charge in [0.25, 0.3) is 0 Å². The van der Waals surface area contributed by atoms with Crippen LogP contribution in [0.3, 0.4) is 0 Å². The van der Waals surface area contributed by atoms with E-state index in [9.17, 15) is 4.79 Å². The second kappa shape index (κ2) is 5.59. The summed E-state index contributed by atoms with van der Waals surface area (Å²) in [6.45, 7) is 4.17. The van der Waals surface area contributed by atoms with Crippen molar-refractivity contribution < 1.29 is 4.79 Å². The Balaban J connectivity index is 2.36. The first-order valence-corrected chi connectivity index (χ1v) is 6.03. The van der Waals surface area contributed by atoms with Gasteiger partial charge in [-0.05, 0) is 25.7 Å². The topological polar surface area (TPSA) is 29.1 Å². The molecule has 0 aromatic rings. The van der Waals surface area contributed by atoms with Crippen LogP contribution in [0.5, 0.6) is 0 Å². The summed E-state index contributed by atoms with van der Waals surface area (Å²) in [6, 6.07) is 0.0985. The van der Waals surface area contributed by atoms with Gasteiger partial charge in [0, 0.05) is 17.8 Å². The summed E-state index contributed by atoms with van der Waals surface area (Å²) in [5, 5.41) is 2.95. The number of hydrogen-bond donors (Lipinski definition) is 1. The van der Waals surface area contributed by atoms with Crippen LogP contribution in [0.15, 0.2) is 0 Å². The second-order valence-corrected chi connectivity index (χ2v) is 4.84. The van der Waals surface area contributed by atoms with Crippen molar-refractivity contribution in [1.29, 1.82) is 0 Å². The van der Waals surface area contributed by atoms with Gasteiger partial charge >= 0.3 is 0 Å². The lowest BCUT2D eigenvalue weighted by Gasteiger charge is -2.26. The molecule has 14 heavy (non-hydrogen) atoms. The summed E-state index contributed by atoms with van der Waals surface area (Å²) in [5.41, 5.74) is 0. The molecule has 3 heteroatoms. The van der Waals surface area contributed by atoms with Crippen LogP contribution < -0.4 is 5.32 Å². The zero-order chi connectivity index (χ0) is 10.6. The Morgan fingerprint density at radius 3 is 2.86 bits per heavy atom. The Hall–Kier alpha value is -0.240. The second-order valence-electron chi connectivity index (χ2n) is 4.53. The predicted octanol–water partition coefficient (Wildman–Crippen LogP) is 2.56. The highest BCUT2D eigenvalue weighted by atomic mass is 35.5. The van der Waals surface area contributed by atoms with Crippen LogP contribution in [-0.4, -0.2) is 17.8 Å². The van der Waals surface area contributed by atoms with Crippen LogP contribution >= 0.6 is 11.6 Å². The zero-order valence-corrected chi connectivity index (χ0v) is 9.81. The van der Waals surface area contributed by atoms with Crippen LogP contribution in [0.25, 0.3) is 0 Å². The highest BCUT2D eigenvalue weighted by Crippen LogP contribution is 2.28. The number of nitrogens with one attached hydrogen (secondary N) is 1. The average Bonchev–Trinajstić information content (AvgIpc) is 2.17. The average molecular weight is 218 g/mol. The van der Waals surface area contributed by atoms with Gasteiger partial charge in [0.05, 0.1) is 0 Å². The molecule has 2 nitrogen and oxygen atoms in total. The molecule has 1 amide bonds. The fourth-order valence-electron chi connectivity index (χ4n) is 2.07. The van der Waals surface area contributed by atoms with Crippen molar-refractivity contribution in [2.24, 2.45) is 11.8 Å². The van der Waals surface area contributed by atoms with Crippen LogP contribution in [0.4, 0.5) is 0 Å². The van der Waals surface area contributed by atoms with E-state index in [1.54, 1.807) is 0 Å². The SMILES string of the molecule is CC1CCCC(C(=O)NC(C)CCl)C1. The lowest BCUT2D eigenvalue weighted by atomic mass is 9.82. The molecule has 1 N–H and O–H groups in total. The van der Waals surface area contributed by atoms with E-state index < -0.39 is 0 Å². The summed E-state index contributed by atoms with van der Waals surface area (Å²) >= 11 is 5.65. The quantitative estimate of drug-likeness (QED) is 0.724. The van der Waals surface area contributed by atoms with Gasteiger partial charge < -0.3 is 5.32 Å². The number of carbonyl (C=O) groups is 1. The molecule has 0 aromatic carbocycles. The van der Waals surface area contributed by atoms with Crippen LogP contribution in [0, 0.1) is 11.8 Å². The molecule has 1 aliphatic rings. The van der Waals surface area contributed by atoms with Gasteiger partial charge in [-0.3, -0.25) is 4.79 Å². The van der Waals surface area contributed by atoms with E-state index in [4.69, 9.17) is 11.6 Å². The van der Waals surface area contributed by atoms with E-state index in [1.807, 2.05) is 6.92 Å². The van der Waals surface area contributed by atoms with Gasteiger partial charge in [0.1, 0.15) is 0 Å². The Morgan fingerprint density at radius 2 is 2.29 bits per heavy atom. The predicted molar refractivity (Wildman–Crippen MR) is 59.4 cm³/mol. The van der Waals surface area contributed by atoms with Crippen LogP contribution in [0.1, 0.15) is 39.5 Å². The van der Waals surface area contributed by atoms with E-state index in [0.717, 1.165) is 12.8 Å². The maximum absolute atomic E-state index is 11.7. The van der Waals surface area contributed by atoms with E-state index in [-0.39, 0.29) is 17.9 Å². The van der Waals surface area contributed by atoms with Gasteiger partial charge in [-0.15, -0.1) is 11.6 Å². The summed E-state index contributed by atoms with van der Waals surface area (Å²) in [7, 11) is 0. The van der Waals surface area contributed by atoms with Gasteiger partial charge in [0.2, 0.25) is 5.91 Å². The first-order valence-electron chi connectivity index (χ1n) is 5.49. The minimum Gasteiger partial charge on any atom is -0.352 e. The van der Waals surface area contributed by atoms with Crippen molar-refractivity contribution in [3.8, 4) is 0 Å². The zero-order valence-electron chi connectivity index (χ0n) is 9.05. The van der Waals surface area contributed by atoms with Gasteiger partial charge in [-0.2, -0.15) is 0 Å². The molecule has 3 atom stereocenters. The Kier molecular flexibility index (Phi) is 4.73. The molecule has 0 spiro atoms. The highest BCUT2D eigenvalue weighted by Gasteiger charge is 2.25. The fraction of sp³-hybridized carbons (Fsp3) is 0.909. The molecule has 0 heterocycles. The Bertz CT molecular complexity index is 196. The number of carbonyl (C=O) groups excluding carboxylic acids is 1. The molecule has 0 saturated heterocycles. The Morgan fingerprint density at radius 1 is 1.57 bits per heavy atom.